The highest BCUT2D eigenvalue weighted by Crippen LogP contribution is 2.26. The van der Waals surface area contributed by atoms with E-state index in [0.29, 0.717) is 43.8 Å². The number of rotatable bonds is 5. The molecule has 0 bridgehead atoms. The number of sulfonamides is 1. The van der Waals surface area contributed by atoms with Gasteiger partial charge in [-0.15, -0.1) is 0 Å². The van der Waals surface area contributed by atoms with Gasteiger partial charge in [0.05, 0.1) is 4.90 Å². The van der Waals surface area contributed by atoms with E-state index in [1.54, 1.807) is 6.07 Å². The predicted octanol–water partition coefficient (Wildman–Crippen LogP) is 2.19. The van der Waals surface area contributed by atoms with Crippen LogP contribution in [0.15, 0.2) is 23.1 Å². The monoisotopic (exact) mass is 392 g/mol. The molecular weight excluding hydrogens is 364 g/mol. The molecule has 1 aromatic carbocycles. The fraction of sp³-hybridized carbons (Fsp3) is 0.600. The van der Waals surface area contributed by atoms with E-state index < -0.39 is 10.0 Å². The Hall–Kier alpha value is -1.73. The summed E-state index contributed by atoms with van der Waals surface area (Å²) in [6.45, 7) is 4.85. The van der Waals surface area contributed by atoms with Crippen LogP contribution in [0, 0.1) is 25.7 Å². The Morgan fingerprint density at radius 2 is 1.89 bits per heavy atom. The zero-order valence-corrected chi connectivity index (χ0v) is 16.8. The number of Topliss-reactive ketones (excluding diaryl/α,β-unsaturated/α-hetero) is 1. The van der Waals surface area contributed by atoms with Gasteiger partial charge >= 0.3 is 0 Å². The van der Waals surface area contributed by atoms with Crippen LogP contribution in [0.3, 0.4) is 0 Å². The van der Waals surface area contributed by atoms with Crippen LogP contribution in [0.2, 0.25) is 0 Å². The first-order valence-electron chi connectivity index (χ1n) is 9.67. The molecule has 27 heavy (non-hydrogen) atoms. The van der Waals surface area contributed by atoms with E-state index in [-0.39, 0.29) is 23.5 Å². The van der Waals surface area contributed by atoms with Gasteiger partial charge in [0.1, 0.15) is 5.78 Å². The molecule has 3 rings (SSSR count). The lowest BCUT2D eigenvalue weighted by Gasteiger charge is -2.31. The van der Waals surface area contributed by atoms with Crippen molar-refractivity contribution in [2.45, 2.75) is 50.8 Å². The lowest BCUT2D eigenvalue weighted by Crippen LogP contribution is -2.44. The molecule has 1 aliphatic carbocycles. The molecule has 1 saturated heterocycles. The first-order valence-corrected chi connectivity index (χ1v) is 11.1. The molecule has 1 aliphatic heterocycles. The highest BCUT2D eigenvalue weighted by atomic mass is 32.2. The molecule has 1 saturated carbocycles. The second-order valence-electron chi connectivity index (χ2n) is 7.75. The number of nitrogens with one attached hydrogen (secondary N) is 1. The molecule has 1 aromatic rings. The number of piperidine rings is 1. The van der Waals surface area contributed by atoms with Crippen molar-refractivity contribution in [2.24, 2.45) is 11.8 Å². The summed E-state index contributed by atoms with van der Waals surface area (Å²) >= 11 is 0. The fourth-order valence-corrected chi connectivity index (χ4v) is 5.73. The molecule has 0 aromatic heterocycles. The Morgan fingerprint density at radius 1 is 1.19 bits per heavy atom. The SMILES string of the molecule is Cc1ccc(S(=O)(=O)N2CCC(C(=O)NCC3CCCC3=O)CC2)c(C)c1. The van der Waals surface area contributed by atoms with Crippen molar-refractivity contribution in [2.75, 3.05) is 19.6 Å². The normalized spacial score (nSPS) is 22.1. The summed E-state index contributed by atoms with van der Waals surface area (Å²) in [7, 11) is -3.53. The Kier molecular flexibility index (Phi) is 6.01. The first-order chi connectivity index (χ1) is 12.8. The summed E-state index contributed by atoms with van der Waals surface area (Å²) in [5, 5.41) is 2.90. The van der Waals surface area contributed by atoms with Crippen LogP contribution < -0.4 is 5.32 Å². The number of carbonyl (C=O) groups excluding carboxylic acids is 2. The van der Waals surface area contributed by atoms with Crippen molar-refractivity contribution in [1.29, 1.82) is 0 Å². The van der Waals surface area contributed by atoms with Crippen LogP contribution in [0.5, 0.6) is 0 Å². The van der Waals surface area contributed by atoms with E-state index in [9.17, 15) is 18.0 Å². The number of nitrogens with zero attached hydrogens (tertiary/aromatic N) is 1. The second-order valence-corrected chi connectivity index (χ2v) is 9.65. The molecule has 2 fully saturated rings. The van der Waals surface area contributed by atoms with Crippen molar-refractivity contribution in [1.82, 2.24) is 9.62 Å². The molecule has 7 heteroatoms. The zero-order chi connectivity index (χ0) is 19.6. The van der Waals surface area contributed by atoms with E-state index in [2.05, 4.69) is 5.32 Å². The number of carbonyl (C=O) groups is 2. The Balaban J connectivity index is 1.56. The van der Waals surface area contributed by atoms with Gasteiger partial charge in [0.25, 0.3) is 0 Å². The van der Waals surface area contributed by atoms with Gasteiger partial charge in [0.2, 0.25) is 15.9 Å². The standard InChI is InChI=1S/C20H28N2O4S/c1-14-6-7-19(15(2)12-14)27(25,26)22-10-8-16(9-11-22)20(24)21-13-17-4-3-5-18(17)23/h6-7,12,16-17H,3-5,8-11,13H2,1-2H3,(H,21,24). The van der Waals surface area contributed by atoms with Crippen molar-refractivity contribution in [3.63, 3.8) is 0 Å². The average Bonchev–Trinajstić information content (AvgIpc) is 3.04. The van der Waals surface area contributed by atoms with Crippen LogP contribution in [0.25, 0.3) is 0 Å². The zero-order valence-electron chi connectivity index (χ0n) is 16.0. The molecule has 6 nitrogen and oxygen atoms in total. The van der Waals surface area contributed by atoms with Gasteiger partial charge in [0, 0.05) is 37.9 Å². The van der Waals surface area contributed by atoms with E-state index >= 15 is 0 Å². The quantitative estimate of drug-likeness (QED) is 0.833. The number of amides is 1. The van der Waals surface area contributed by atoms with Gasteiger partial charge in [-0.1, -0.05) is 17.7 Å². The van der Waals surface area contributed by atoms with E-state index in [1.165, 1.54) is 4.31 Å². The van der Waals surface area contributed by atoms with E-state index in [4.69, 9.17) is 0 Å². The van der Waals surface area contributed by atoms with Gasteiger partial charge in [-0.3, -0.25) is 9.59 Å². The van der Waals surface area contributed by atoms with Crippen LogP contribution in [0.1, 0.15) is 43.2 Å². The number of hydrogen-bond acceptors (Lipinski definition) is 4. The van der Waals surface area contributed by atoms with Crippen molar-refractivity contribution in [3.05, 3.63) is 29.3 Å². The Morgan fingerprint density at radius 3 is 2.48 bits per heavy atom. The van der Waals surface area contributed by atoms with Gasteiger partial charge in [0.15, 0.2) is 0 Å². The minimum atomic E-state index is -3.53. The minimum absolute atomic E-state index is 0.0427. The van der Waals surface area contributed by atoms with Crippen LogP contribution in [-0.2, 0) is 19.6 Å². The van der Waals surface area contributed by atoms with E-state index in [1.807, 2.05) is 26.0 Å². The molecule has 1 heterocycles. The first kappa shape index (κ1) is 20.0. The lowest BCUT2D eigenvalue weighted by molar-refractivity contribution is -0.126. The fourth-order valence-electron chi connectivity index (χ4n) is 4.06. The maximum atomic E-state index is 12.9. The number of aryl methyl sites for hydroxylation is 2. The number of benzene rings is 1. The van der Waals surface area contributed by atoms with Crippen molar-refractivity contribution in [3.8, 4) is 0 Å². The smallest absolute Gasteiger partial charge is 0.243 e. The van der Waals surface area contributed by atoms with Gasteiger partial charge in [-0.05, 0) is 51.2 Å². The molecule has 1 unspecified atom stereocenters. The van der Waals surface area contributed by atoms with Crippen molar-refractivity contribution >= 4 is 21.7 Å². The molecule has 1 N–H and O–H groups in total. The third-order valence-corrected chi connectivity index (χ3v) is 7.79. The van der Waals surface area contributed by atoms with E-state index in [0.717, 1.165) is 24.0 Å². The maximum absolute atomic E-state index is 12.9. The molecule has 2 aliphatic rings. The molecule has 0 spiro atoms. The summed E-state index contributed by atoms with van der Waals surface area (Å²) < 4.78 is 27.3. The molecule has 1 amide bonds. The molecule has 1 atom stereocenters. The Labute approximate surface area is 161 Å². The lowest BCUT2D eigenvalue weighted by atomic mass is 9.97. The van der Waals surface area contributed by atoms with Crippen LogP contribution in [0.4, 0.5) is 0 Å². The summed E-state index contributed by atoms with van der Waals surface area (Å²) in [5.41, 5.74) is 1.78. The average molecular weight is 393 g/mol. The third kappa shape index (κ3) is 4.41. The van der Waals surface area contributed by atoms with Crippen LogP contribution in [-0.4, -0.2) is 44.0 Å². The third-order valence-electron chi connectivity index (χ3n) is 5.73. The molecule has 0 radical (unpaired) electrons. The van der Waals surface area contributed by atoms with Crippen molar-refractivity contribution < 1.29 is 18.0 Å². The van der Waals surface area contributed by atoms with Gasteiger partial charge < -0.3 is 5.32 Å². The largest absolute Gasteiger partial charge is 0.355 e. The molecule has 148 valence electrons. The topological polar surface area (TPSA) is 83.6 Å². The summed E-state index contributed by atoms with van der Waals surface area (Å²) in [5.74, 6) is -0.0473. The number of hydrogen-bond donors (Lipinski definition) is 1. The number of ketones is 1. The highest BCUT2D eigenvalue weighted by molar-refractivity contribution is 7.89. The predicted molar refractivity (Wildman–Crippen MR) is 103 cm³/mol. The van der Waals surface area contributed by atoms with Gasteiger partial charge in [-0.25, -0.2) is 8.42 Å². The van der Waals surface area contributed by atoms with Crippen LogP contribution >= 0.6 is 0 Å². The maximum Gasteiger partial charge on any atom is 0.243 e. The summed E-state index contributed by atoms with van der Waals surface area (Å²) in [4.78, 5) is 24.4. The Bertz CT molecular complexity index is 826. The van der Waals surface area contributed by atoms with Gasteiger partial charge in [-0.2, -0.15) is 4.31 Å². The second kappa shape index (κ2) is 8.10. The molecular formula is C20H28N2O4S. The highest BCUT2D eigenvalue weighted by Gasteiger charge is 2.33. The summed E-state index contributed by atoms with van der Waals surface area (Å²) in [6.07, 6.45) is 3.40. The summed E-state index contributed by atoms with van der Waals surface area (Å²) in [6, 6.07) is 5.35. The minimum Gasteiger partial charge on any atom is -0.355 e.